The number of carbonyl (C=O) groups is 2. The Morgan fingerprint density at radius 3 is 2.58 bits per heavy atom. The molecule has 1 fully saturated rings. The Morgan fingerprint density at radius 1 is 1.25 bits per heavy atom. The van der Waals surface area contributed by atoms with Crippen molar-refractivity contribution in [3.63, 3.8) is 0 Å². The number of nitrogens with one attached hydrogen (secondary N) is 2. The van der Waals surface area contributed by atoms with Gasteiger partial charge < -0.3 is 9.30 Å². The van der Waals surface area contributed by atoms with Gasteiger partial charge in [0.2, 0.25) is 5.91 Å². The zero-order valence-electron chi connectivity index (χ0n) is 23.5. The number of allylic oxidation sites excluding steroid dienone is 1. The van der Waals surface area contributed by atoms with Crippen molar-refractivity contribution in [1.82, 2.24) is 15.5 Å². The molecular weight excluding hydrogens is 532 g/mol. The largest absolute Gasteiger partial charge is 0.350 e. The summed E-state index contributed by atoms with van der Waals surface area (Å²) in [4.78, 5) is 32.6. The highest BCUT2D eigenvalue weighted by molar-refractivity contribution is 7.92. The highest BCUT2D eigenvalue weighted by Crippen LogP contribution is 2.38. The standard InChI is InChI=1S/C29H42N4O6S/c1-4-17-29(28(35)31-30,40(3,36)37)20-25(33-18-16-22(2)21-33)24(14-10-13-23-11-6-5-7-12-23)27(34)32-39-26-15-8-9-19-38-26/h5-7,10-13,16,18,21,24-26H,4,8-9,14-15,17,19-20,30H2,1-3H3,(H,31,35)(H,32,34)/b13-10+/t24-,25+,26?,29?/m0/s1. The van der Waals surface area contributed by atoms with Crippen LogP contribution in [0, 0.1) is 12.8 Å². The Balaban J connectivity index is 2.03. The van der Waals surface area contributed by atoms with Crippen molar-refractivity contribution in [3.8, 4) is 0 Å². The SMILES string of the molecule is CCCC(C[C@H]([C@H](C/C=C/c1ccccc1)C(=O)NOC1CCCCO1)n1ccc(C)c1)(C(=O)NN)S(C)(=O)=O. The Hall–Kier alpha value is -2.99. The molecule has 0 saturated carbocycles. The van der Waals surface area contributed by atoms with Crippen LogP contribution in [0.25, 0.3) is 6.08 Å². The molecule has 0 bridgehead atoms. The number of hydrogen-bond donors (Lipinski definition) is 3. The molecule has 2 amide bonds. The van der Waals surface area contributed by atoms with E-state index < -0.39 is 44.6 Å². The molecule has 1 saturated heterocycles. The fourth-order valence-electron chi connectivity index (χ4n) is 5.23. The highest BCUT2D eigenvalue weighted by Gasteiger charge is 2.50. The summed E-state index contributed by atoms with van der Waals surface area (Å²) < 4.78 is 32.1. The predicted molar refractivity (Wildman–Crippen MR) is 154 cm³/mol. The van der Waals surface area contributed by atoms with E-state index in [2.05, 4.69) is 10.9 Å². The summed E-state index contributed by atoms with van der Waals surface area (Å²) in [5, 5.41) is 0. The summed E-state index contributed by atoms with van der Waals surface area (Å²) >= 11 is 0. The maximum absolute atomic E-state index is 13.8. The van der Waals surface area contributed by atoms with Gasteiger partial charge in [-0.25, -0.2) is 24.6 Å². The normalized spacial score (nSPS) is 19.1. The highest BCUT2D eigenvalue weighted by atomic mass is 32.2. The van der Waals surface area contributed by atoms with Gasteiger partial charge in [0.15, 0.2) is 20.9 Å². The molecule has 0 aliphatic carbocycles. The van der Waals surface area contributed by atoms with Crippen LogP contribution >= 0.6 is 0 Å². The van der Waals surface area contributed by atoms with Crippen molar-refractivity contribution in [3.05, 3.63) is 66.0 Å². The van der Waals surface area contributed by atoms with E-state index in [0.717, 1.165) is 30.2 Å². The van der Waals surface area contributed by atoms with E-state index in [1.54, 1.807) is 6.20 Å². The number of ether oxygens (including phenoxy) is 1. The molecule has 2 unspecified atom stereocenters. The smallest absolute Gasteiger partial charge is 0.255 e. The molecule has 1 aliphatic rings. The van der Waals surface area contributed by atoms with Crippen molar-refractivity contribution in [2.24, 2.45) is 11.8 Å². The number of nitrogens with zero attached hydrogens (tertiary/aromatic N) is 1. The lowest BCUT2D eigenvalue weighted by atomic mass is 9.84. The lowest BCUT2D eigenvalue weighted by molar-refractivity contribution is -0.202. The molecule has 4 atom stereocenters. The van der Waals surface area contributed by atoms with Crippen LogP contribution < -0.4 is 16.7 Å². The third-order valence-corrected chi connectivity index (χ3v) is 9.40. The number of aryl methyl sites for hydroxylation is 1. The van der Waals surface area contributed by atoms with Crippen molar-refractivity contribution < 1.29 is 27.6 Å². The molecular formula is C29H42N4O6S. The van der Waals surface area contributed by atoms with E-state index >= 15 is 0 Å². The molecule has 40 heavy (non-hydrogen) atoms. The van der Waals surface area contributed by atoms with E-state index in [0.29, 0.717) is 19.4 Å². The minimum atomic E-state index is -3.95. The number of hydroxylamine groups is 1. The Bertz CT molecular complexity index is 1240. The number of hydrogen-bond acceptors (Lipinski definition) is 7. The van der Waals surface area contributed by atoms with Gasteiger partial charge in [-0.3, -0.25) is 15.0 Å². The molecule has 2 heterocycles. The minimum absolute atomic E-state index is 0.0478. The number of aromatic nitrogens is 1. The average Bonchev–Trinajstić information content (AvgIpc) is 3.38. The number of benzene rings is 1. The van der Waals surface area contributed by atoms with Gasteiger partial charge >= 0.3 is 0 Å². The van der Waals surface area contributed by atoms with Gasteiger partial charge in [0.1, 0.15) is 0 Å². The molecule has 0 spiro atoms. The topological polar surface area (TPSA) is 142 Å². The second kappa shape index (κ2) is 14.6. The van der Waals surface area contributed by atoms with Gasteiger partial charge in [-0.1, -0.05) is 55.8 Å². The molecule has 10 nitrogen and oxygen atoms in total. The third kappa shape index (κ3) is 8.03. The van der Waals surface area contributed by atoms with Gasteiger partial charge in [0.05, 0.1) is 5.92 Å². The molecule has 11 heteroatoms. The van der Waals surface area contributed by atoms with Crippen LogP contribution in [0.5, 0.6) is 0 Å². The minimum Gasteiger partial charge on any atom is -0.350 e. The second-order valence-corrected chi connectivity index (χ2v) is 12.8. The monoisotopic (exact) mass is 574 g/mol. The molecule has 0 radical (unpaired) electrons. The maximum Gasteiger partial charge on any atom is 0.255 e. The Kier molecular flexibility index (Phi) is 11.5. The van der Waals surface area contributed by atoms with Gasteiger partial charge in [0.25, 0.3) is 5.91 Å². The summed E-state index contributed by atoms with van der Waals surface area (Å²) in [7, 11) is -3.95. The quantitative estimate of drug-likeness (QED) is 0.178. The van der Waals surface area contributed by atoms with Crippen LogP contribution in [0.1, 0.15) is 69.0 Å². The van der Waals surface area contributed by atoms with Crippen LogP contribution in [0.4, 0.5) is 0 Å². The van der Waals surface area contributed by atoms with Gasteiger partial charge in [-0.15, -0.1) is 0 Å². The molecule has 2 aromatic rings. The third-order valence-electron chi connectivity index (χ3n) is 7.42. The van der Waals surface area contributed by atoms with E-state index in [9.17, 15) is 18.0 Å². The first-order valence-electron chi connectivity index (χ1n) is 13.7. The number of amides is 2. The van der Waals surface area contributed by atoms with Crippen molar-refractivity contribution in [2.75, 3.05) is 12.9 Å². The Morgan fingerprint density at radius 2 is 2.00 bits per heavy atom. The summed E-state index contributed by atoms with van der Waals surface area (Å²) in [5.41, 5.74) is 6.54. The predicted octanol–water partition coefficient (Wildman–Crippen LogP) is 3.60. The zero-order valence-corrected chi connectivity index (χ0v) is 24.4. The summed E-state index contributed by atoms with van der Waals surface area (Å²) in [6, 6.07) is 10.8. The fraction of sp³-hybridized carbons (Fsp3) is 0.517. The van der Waals surface area contributed by atoms with Crippen molar-refractivity contribution in [1.29, 1.82) is 0 Å². The first-order valence-corrected chi connectivity index (χ1v) is 15.6. The molecule has 1 aromatic heterocycles. The molecule has 4 N–H and O–H groups in total. The lowest BCUT2D eigenvalue weighted by Gasteiger charge is -2.36. The molecule has 1 aliphatic heterocycles. The molecule has 220 valence electrons. The summed E-state index contributed by atoms with van der Waals surface area (Å²) in [6.45, 7) is 4.27. The van der Waals surface area contributed by atoms with Crippen LogP contribution in [-0.2, 0) is 29.0 Å². The summed E-state index contributed by atoms with van der Waals surface area (Å²) in [6.07, 6.45) is 11.0. The first kappa shape index (κ1) is 31.5. The number of carbonyl (C=O) groups excluding carboxylic acids is 2. The molecule has 1 aromatic carbocycles. The number of hydrazine groups is 1. The number of rotatable bonds is 14. The van der Waals surface area contributed by atoms with E-state index in [1.807, 2.05) is 73.2 Å². The molecule has 3 rings (SSSR count). The second-order valence-electron chi connectivity index (χ2n) is 10.4. The van der Waals surface area contributed by atoms with E-state index in [1.165, 1.54) is 0 Å². The van der Waals surface area contributed by atoms with E-state index in [-0.39, 0.29) is 19.3 Å². The van der Waals surface area contributed by atoms with Gasteiger partial charge in [0, 0.05) is 37.7 Å². The average molecular weight is 575 g/mol. The summed E-state index contributed by atoms with van der Waals surface area (Å²) in [5.74, 6) is 3.50. The fourth-order valence-corrected chi connectivity index (χ4v) is 6.67. The van der Waals surface area contributed by atoms with Crippen LogP contribution in [0.2, 0.25) is 0 Å². The first-order chi connectivity index (χ1) is 19.1. The number of nitrogens with two attached hydrogens (primary N) is 1. The van der Waals surface area contributed by atoms with Crippen LogP contribution in [0.15, 0.2) is 54.9 Å². The van der Waals surface area contributed by atoms with E-state index in [4.69, 9.17) is 15.4 Å². The zero-order chi connectivity index (χ0) is 29.2. The number of sulfone groups is 1. The van der Waals surface area contributed by atoms with Gasteiger partial charge in [-0.2, -0.15) is 0 Å². The van der Waals surface area contributed by atoms with Crippen molar-refractivity contribution >= 4 is 27.7 Å². The van der Waals surface area contributed by atoms with Crippen LogP contribution in [0.3, 0.4) is 0 Å². The lowest BCUT2D eigenvalue weighted by Crippen LogP contribution is -2.56. The van der Waals surface area contributed by atoms with Crippen LogP contribution in [-0.4, -0.2) is 48.7 Å². The van der Waals surface area contributed by atoms with Crippen molar-refractivity contribution in [2.45, 2.75) is 75.9 Å². The van der Waals surface area contributed by atoms with Gasteiger partial charge in [-0.05, 0) is 56.2 Å². The Labute approximate surface area is 237 Å². The maximum atomic E-state index is 13.8.